The summed E-state index contributed by atoms with van der Waals surface area (Å²) < 4.78 is 24.1. The maximum atomic E-state index is 13.3. The summed E-state index contributed by atoms with van der Waals surface area (Å²) in [5.41, 5.74) is 0.948. The van der Waals surface area contributed by atoms with Crippen molar-refractivity contribution in [2.24, 2.45) is 4.99 Å². The molecule has 9 heteroatoms. The van der Waals surface area contributed by atoms with Crippen LogP contribution in [0.5, 0.6) is 11.6 Å². The van der Waals surface area contributed by atoms with E-state index >= 15 is 0 Å². The number of ether oxygens (including phenoxy) is 1. The Kier molecular flexibility index (Phi) is 6.64. The van der Waals surface area contributed by atoms with Crippen LogP contribution in [0.1, 0.15) is 16.1 Å². The number of carbonyl (C=O) groups is 1. The van der Waals surface area contributed by atoms with E-state index in [4.69, 9.17) is 9.15 Å². The van der Waals surface area contributed by atoms with Crippen molar-refractivity contribution in [2.75, 3.05) is 33.2 Å². The van der Waals surface area contributed by atoms with Crippen molar-refractivity contribution in [3.05, 3.63) is 78.1 Å². The number of furan rings is 1. The number of pyridine rings is 1. The summed E-state index contributed by atoms with van der Waals surface area (Å²) in [6, 6.07) is 12.9. The first-order valence-electron chi connectivity index (χ1n) is 10.3. The zero-order chi connectivity index (χ0) is 22.3. The number of nitrogens with one attached hydrogen (secondary N) is 1. The lowest BCUT2D eigenvalue weighted by molar-refractivity contribution is 0.0657. The summed E-state index contributed by atoms with van der Waals surface area (Å²) in [6.07, 6.45) is 3.21. The van der Waals surface area contributed by atoms with Crippen LogP contribution >= 0.6 is 0 Å². The van der Waals surface area contributed by atoms with Gasteiger partial charge in [0, 0.05) is 58.1 Å². The highest BCUT2D eigenvalue weighted by molar-refractivity contribution is 5.91. The monoisotopic (exact) mass is 437 g/mol. The molecule has 166 valence electrons. The topological polar surface area (TPSA) is 83.2 Å². The molecule has 1 N–H and O–H groups in total. The summed E-state index contributed by atoms with van der Waals surface area (Å²) in [5, 5.41) is 3.33. The van der Waals surface area contributed by atoms with Gasteiger partial charge in [-0.1, -0.05) is 12.1 Å². The minimum atomic E-state index is -0.360. The largest absolute Gasteiger partial charge is 0.459 e. The lowest BCUT2D eigenvalue weighted by Crippen LogP contribution is -2.53. The quantitative estimate of drug-likeness (QED) is 0.488. The van der Waals surface area contributed by atoms with Gasteiger partial charge in [0.2, 0.25) is 5.88 Å². The Balaban J connectivity index is 1.27. The van der Waals surface area contributed by atoms with Gasteiger partial charge in [-0.3, -0.25) is 9.79 Å². The van der Waals surface area contributed by atoms with Crippen molar-refractivity contribution < 1.29 is 18.3 Å². The number of benzene rings is 1. The van der Waals surface area contributed by atoms with Crippen molar-refractivity contribution in [3.63, 3.8) is 0 Å². The Morgan fingerprint density at radius 2 is 1.97 bits per heavy atom. The van der Waals surface area contributed by atoms with Gasteiger partial charge >= 0.3 is 0 Å². The number of aliphatic imine (C=N–C) groups is 1. The number of hydrogen-bond acceptors (Lipinski definition) is 5. The molecule has 0 bridgehead atoms. The van der Waals surface area contributed by atoms with Crippen molar-refractivity contribution in [1.82, 2.24) is 20.1 Å². The van der Waals surface area contributed by atoms with Gasteiger partial charge in [-0.2, -0.15) is 0 Å². The molecule has 0 spiro atoms. The molecule has 3 aromatic rings. The molecular formula is C23H24FN5O3. The van der Waals surface area contributed by atoms with Gasteiger partial charge < -0.3 is 24.3 Å². The van der Waals surface area contributed by atoms with Gasteiger partial charge in [-0.05, 0) is 29.8 Å². The number of rotatable bonds is 5. The highest BCUT2D eigenvalue weighted by atomic mass is 19.1. The standard InChI is InChI=1S/C23H24FN5O3/c1-25-23(29-11-9-28(10-12-29)22(30)20-6-3-13-31-20)27-16-17-7-8-21(26-15-17)32-19-5-2-4-18(24)14-19/h2-8,13-15H,9-12,16H2,1H3,(H,25,27). The Hall–Kier alpha value is -3.88. The Morgan fingerprint density at radius 3 is 2.62 bits per heavy atom. The van der Waals surface area contributed by atoms with Crippen LogP contribution in [-0.2, 0) is 6.54 Å². The predicted molar refractivity (Wildman–Crippen MR) is 117 cm³/mol. The number of halogens is 1. The molecule has 1 aliphatic heterocycles. The SMILES string of the molecule is CN=C(NCc1ccc(Oc2cccc(F)c2)nc1)N1CCN(C(=O)c2ccco2)CC1. The van der Waals surface area contributed by atoms with Crippen LogP contribution in [-0.4, -0.2) is 59.9 Å². The van der Waals surface area contributed by atoms with E-state index in [9.17, 15) is 9.18 Å². The molecule has 0 radical (unpaired) electrons. The fraction of sp³-hybridized carbons (Fsp3) is 0.261. The van der Waals surface area contributed by atoms with E-state index in [2.05, 4.69) is 20.2 Å². The average Bonchev–Trinajstić information content (AvgIpc) is 3.36. The molecule has 1 aliphatic rings. The first-order valence-corrected chi connectivity index (χ1v) is 10.3. The van der Waals surface area contributed by atoms with E-state index in [0.717, 1.165) is 11.5 Å². The summed E-state index contributed by atoms with van der Waals surface area (Å²) in [4.78, 5) is 24.9. The lowest BCUT2D eigenvalue weighted by Gasteiger charge is -2.36. The second kappa shape index (κ2) is 9.95. The highest BCUT2D eigenvalue weighted by Gasteiger charge is 2.25. The number of nitrogens with zero attached hydrogens (tertiary/aromatic N) is 4. The Labute approximate surface area is 185 Å². The molecule has 2 aromatic heterocycles. The first-order chi connectivity index (χ1) is 15.6. The summed E-state index contributed by atoms with van der Waals surface area (Å²) in [7, 11) is 1.73. The smallest absolute Gasteiger partial charge is 0.289 e. The molecule has 0 saturated carbocycles. The molecule has 3 heterocycles. The van der Waals surface area contributed by atoms with Crippen molar-refractivity contribution in [1.29, 1.82) is 0 Å². The van der Waals surface area contributed by atoms with E-state index in [1.807, 2.05) is 6.07 Å². The minimum Gasteiger partial charge on any atom is -0.459 e. The van der Waals surface area contributed by atoms with Gasteiger partial charge in [-0.15, -0.1) is 0 Å². The molecule has 8 nitrogen and oxygen atoms in total. The Morgan fingerprint density at radius 1 is 1.16 bits per heavy atom. The van der Waals surface area contributed by atoms with Crippen LogP contribution in [0.2, 0.25) is 0 Å². The molecule has 4 rings (SSSR count). The van der Waals surface area contributed by atoms with Gasteiger partial charge in [0.15, 0.2) is 11.7 Å². The third-order valence-electron chi connectivity index (χ3n) is 5.08. The molecule has 1 saturated heterocycles. The van der Waals surface area contributed by atoms with Crippen molar-refractivity contribution >= 4 is 11.9 Å². The van der Waals surface area contributed by atoms with Gasteiger partial charge in [0.25, 0.3) is 5.91 Å². The van der Waals surface area contributed by atoms with Crippen LogP contribution in [0.25, 0.3) is 0 Å². The van der Waals surface area contributed by atoms with Gasteiger partial charge in [0.1, 0.15) is 11.6 Å². The van der Waals surface area contributed by atoms with Crippen molar-refractivity contribution in [2.45, 2.75) is 6.54 Å². The number of amides is 1. The third kappa shape index (κ3) is 5.23. The van der Waals surface area contributed by atoms with Crippen LogP contribution in [0.15, 0.2) is 70.4 Å². The van der Waals surface area contributed by atoms with E-state index in [-0.39, 0.29) is 11.7 Å². The van der Waals surface area contributed by atoms with Crippen LogP contribution in [0.3, 0.4) is 0 Å². The summed E-state index contributed by atoms with van der Waals surface area (Å²) >= 11 is 0. The lowest BCUT2D eigenvalue weighted by atomic mass is 10.2. The van der Waals surface area contributed by atoms with E-state index < -0.39 is 0 Å². The fourth-order valence-electron chi connectivity index (χ4n) is 3.42. The predicted octanol–water partition coefficient (Wildman–Crippen LogP) is 3.14. The number of hydrogen-bond donors (Lipinski definition) is 1. The molecule has 1 amide bonds. The van der Waals surface area contributed by atoms with Crippen LogP contribution in [0.4, 0.5) is 4.39 Å². The van der Waals surface area contributed by atoms with Gasteiger partial charge in [-0.25, -0.2) is 9.37 Å². The maximum absolute atomic E-state index is 13.3. The zero-order valence-corrected chi connectivity index (χ0v) is 17.7. The van der Waals surface area contributed by atoms with Gasteiger partial charge in [0.05, 0.1) is 6.26 Å². The molecule has 1 aromatic carbocycles. The third-order valence-corrected chi connectivity index (χ3v) is 5.08. The first kappa shape index (κ1) is 21.4. The molecule has 0 atom stereocenters. The van der Waals surface area contributed by atoms with Crippen LogP contribution < -0.4 is 10.1 Å². The van der Waals surface area contributed by atoms with E-state index in [1.54, 1.807) is 48.5 Å². The fourth-order valence-corrected chi connectivity index (χ4v) is 3.42. The van der Waals surface area contributed by atoms with E-state index in [1.165, 1.54) is 18.4 Å². The molecule has 1 fully saturated rings. The average molecular weight is 437 g/mol. The van der Waals surface area contributed by atoms with Crippen molar-refractivity contribution in [3.8, 4) is 11.6 Å². The summed E-state index contributed by atoms with van der Waals surface area (Å²) in [5.74, 6) is 1.45. The number of carbonyl (C=O) groups excluding carboxylic acids is 1. The van der Waals surface area contributed by atoms with Crippen LogP contribution in [0, 0.1) is 5.82 Å². The number of guanidine groups is 1. The highest BCUT2D eigenvalue weighted by Crippen LogP contribution is 2.20. The zero-order valence-electron chi connectivity index (χ0n) is 17.7. The van der Waals surface area contributed by atoms with E-state index in [0.29, 0.717) is 50.1 Å². The molecule has 0 aliphatic carbocycles. The minimum absolute atomic E-state index is 0.0933. The number of aromatic nitrogens is 1. The molecule has 32 heavy (non-hydrogen) atoms. The maximum Gasteiger partial charge on any atom is 0.289 e. The molecular weight excluding hydrogens is 413 g/mol. The Bertz CT molecular complexity index is 1060. The number of piperazine rings is 1. The normalized spacial score (nSPS) is 14.4. The molecule has 0 unspecified atom stereocenters. The second-order valence-electron chi connectivity index (χ2n) is 7.22. The second-order valence-corrected chi connectivity index (χ2v) is 7.22. The summed E-state index contributed by atoms with van der Waals surface area (Å²) in [6.45, 7) is 3.06.